The molecule has 0 atom stereocenters. The number of rotatable bonds is 7. The zero-order valence-electron chi connectivity index (χ0n) is 10.7. The van der Waals surface area contributed by atoms with Crippen LogP contribution in [0.5, 0.6) is 0 Å². The van der Waals surface area contributed by atoms with Gasteiger partial charge in [0.05, 0.1) is 6.61 Å². The van der Waals surface area contributed by atoms with E-state index in [-0.39, 0.29) is 12.6 Å². The lowest BCUT2D eigenvalue weighted by Gasteiger charge is -2.09. The molecule has 1 amide bonds. The molecule has 0 heterocycles. The van der Waals surface area contributed by atoms with E-state index in [0.717, 1.165) is 0 Å². The minimum absolute atomic E-state index is 0.0412. The van der Waals surface area contributed by atoms with Crippen molar-refractivity contribution in [3.05, 3.63) is 34.9 Å². The summed E-state index contributed by atoms with van der Waals surface area (Å²) in [5.74, 6) is -7.88. The maximum Gasteiger partial charge on any atom is 0.257 e. The fourth-order valence-corrected chi connectivity index (χ4v) is 1.42. The second-order valence-electron chi connectivity index (χ2n) is 3.84. The molecule has 0 unspecified atom stereocenters. The van der Waals surface area contributed by atoms with Crippen molar-refractivity contribution < 1.29 is 27.1 Å². The molecule has 0 spiro atoms. The Hall–Kier alpha value is -1.67. The van der Waals surface area contributed by atoms with E-state index < -0.39 is 34.7 Å². The molecule has 0 saturated heterocycles. The molecular weight excluding hydrogens is 280 g/mol. The van der Waals surface area contributed by atoms with Gasteiger partial charge in [0.2, 0.25) is 0 Å². The summed E-state index contributed by atoms with van der Waals surface area (Å²) in [4.78, 5) is 11.5. The molecule has 0 bridgehead atoms. The van der Waals surface area contributed by atoms with E-state index in [9.17, 15) is 22.4 Å². The van der Waals surface area contributed by atoms with Crippen LogP contribution in [-0.2, 0) is 4.74 Å². The fraction of sp³-hybridized carbons (Fsp3) is 0.417. The molecule has 0 saturated carbocycles. The van der Waals surface area contributed by atoms with Crippen LogP contribution < -0.4 is 10.6 Å². The van der Waals surface area contributed by atoms with Gasteiger partial charge in [-0.2, -0.15) is 0 Å². The maximum absolute atomic E-state index is 13.3. The molecule has 0 fully saturated rings. The molecule has 0 aliphatic carbocycles. The SMILES string of the molecule is COCCNCCNC(=O)c1c(F)c(F)cc(F)c1F. The first-order valence-electron chi connectivity index (χ1n) is 5.79. The number of carbonyl (C=O) groups is 1. The van der Waals surface area contributed by atoms with Gasteiger partial charge in [0.1, 0.15) is 5.56 Å². The minimum Gasteiger partial charge on any atom is -0.383 e. The van der Waals surface area contributed by atoms with Crippen LogP contribution >= 0.6 is 0 Å². The average Bonchev–Trinajstić information content (AvgIpc) is 2.41. The van der Waals surface area contributed by atoms with Crippen LogP contribution in [0.2, 0.25) is 0 Å². The number of carbonyl (C=O) groups excluding carboxylic acids is 1. The molecule has 1 aromatic carbocycles. The summed E-state index contributed by atoms with van der Waals surface area (Å²) in [6, 6.07) is 0.0494. The van der Waals surface area contributed by atoms with Crippen LogP contribution in [0.25, 0.3) is 0 Å². The quantitative estimate of drug-likeness (QED) is 0.451. The molecule has 0 aromatic heterocycles. The smallest absolute Gasteiger partial charge is 0.257 e. The van der Waals surface area contributed by atoms with Gasteiger partial charge in [-0.25, -0.2) is 17.6 Å². The first-order chi connectivity index (χ1) is 9.49. The Morgan fingerprint density at radius 3 is 2.25 bits per heavy atom. The van der Waals surface area contributed by atoms with Crippen LogP contribution in [0, 0.1) is 23.3 Å². The van der Waals surface area contributed by atoms with E-state index in [2.05, 4.69) is 10.6 Å². The second kappa shape index (κ2) is 7.81. The molecule has 8 heteroatoms. The number of amides is 1. The summed E-state index contributed by atoms with van der Waals surface area (Å²) >= 11 is 0. The van der Waals surface area contributed by atoms with Gasteiger partial charge in [0, 0.05) is 32.8 Å². The van der Waals surface area contributed by atoms with E-state index >= 15 is 0 Å². The minimum atomic E-state index is -1.71. The van der Waals surface area contributed by atoms with E-state index in [1.807, 2.05) is 0 Å². The zero-order valence-corrected chi connectivity index (χ0v) is 10.7. The van der Waals surface area contributed by atoms with Crippen molar-refractivity contribution in [3.63, 3.8) is 0 Å². The van der Waals surface area contributed by atoms with Crippen LogP contribution in [-0.4, -0.2) is 39.3 Å². The van der Waals surface area contributed by atoms with Crippen LogP contribution in [0.3, 0.4) is 0 Å². The predicted molar refractivity (Wildman–Crippen MR) is 63.4 cm³/mol. The van der Waals surface area contributed by atoms with Gasteiger partial charge in [-0.15, -0.1) is 0 Å². The highest BCUT2D eigenvalue weighted by molar-refractivity contribution is 5.94. The molecule has 4 nitrogen and oxygen atoms in total. The highest BCUT2D eigenvalue weighted by atomic mass is 19.2. The lowest BCUT2D eigenvalue weighted by atomic mass is 10.1. The Kier molecular flexibility index (Phi) is 6.40. The second-order valence-corrected chi connectivity index (χ2v) is 3.84. The van der Waals surface area contributed by atoms with Crippen LogP contribution in [0.15, 0.2) is 6.07 Å². The largest absolute Gasteiger partial charge is 0.383 e. The number of benzene rings is 1. The summed E-state index contributed by atoms with van der Waals surface area (Å²) < 4.78 is 57.2. The standard InChI is InChI=1S/C12H14F4N2O2/c1-20-5-4-17-2-3-18-12(19)9-10(15)7(13)6-8(14)11(9)16/h6,17H,2-5H2,1H3,(H,18,19). The van der Waals surface area contributed by atoms with Gasteiger partial charge < -0.3 is 15.4 Å². The molecule has 112 valence electrons. The molecule has 1 rings (SSSR count). The molecule has 0 radical (unpaired) electrons. The average molecular weight is 294 g/mol. The number of hydrogen-bond acceptors (Lipinski definition) is 3. The normalized spacial score (nSPS) is 10.7. The number of hydrogen-bond donors (Lipinski definition) is 2. The lowest BCUT2D eigenvalue weighted by Crippen LogP contribution is -2.34. The molecule has 0 aliphatic heterocycles. The first-order valence-corrected chi connectivity index (χ1v) is 5.79. The zero-order chi connectivity index (χ0) is 15.1. The van der Waals surface area contributed by atoms with Gasteiger partial charge >= 0.3 is 0 Å². The summed E-state index contributed by atoms with van der Waals surface area (Å²) in [5, 5.41) is 5.03. The van der Waals surface area contributed by atoms with Crippen molar-refractivity contribution in [1.29, 1.82) is 0 Å². The summed E-state index contributed by atoms with van der Waals surface area (Å²) in [6.07, 6.45) is 0. The van der Waals surface area contributed by atoms with Crippen molar-refractivity contribution in [1.82, 2.24) is 10.6 Å². The third-order valence-electron chi connectivity index (χ3n) is 2.41. The number of nitrogens with one attached hydrogen (secondary N) is 2. The number of ether oxygens (including phenoxy) is 1. The molecule has 20 heavy (non-hydrogen) atoms. The van der Waals surface area contributed by atoms with Gasteiger partial charge in [-0.05, 0) is 0 Å². The maximum atomic E-state index is 13.3. The molecular formula is C12H14F4N2O2. The monoisotopic (exact) mass is 294 g/mol. The third kappa shape index (κ3) is 4.17. The number of methoxy groups -OCH3 is 1. The summed E-state index contributed by atoms with van der Waals surface area (Å²) in [5.41, 5.74) is -1.26. The van der Waals surface area contributed by atoms with E-state index in [1.54, 1.807) is 0 Å². The van der Waals surface area contributed by atoms with E-state index in [1.165, 1.54) is 7.11 Å². The van der Waals surface area contributed by atoms with Crippen molar-refractivity contribution in [3.8, 4) is 0 Å². The van der Waals surface area contributed by atoms with Gasteiger partial charge in [0.25, 0.3) is 5.91 Å². The summed E-state index contributed by atoms with van der Waals surface area (Å²) in [6.45, 7) is 1.35. The van der Waals surface area contributed by atoms with Crippen molar-refractivity contribution in [2.75, 3.05) is 33.4 Å². The van der Waals surface area contributed by atoms with Crippen molar-refractivity contribution in [2.24, 2.45) is 0 Å². The Bertz CT molecular complexity index is 457. The van der Waals surface area contributed by atoms with Crippen molar-refractivity contribution >= 4 is 5.91 Å². The third-order valence-corrected chi connectivity index (χ3v) is 2.41. The Morgan fingerprint density at radius 1 is 1.10 bits per heavy atom. The van der Waals surface area contributed by atoms with Gasteiger partial charge in [-0.3, -0.25) is 4.79 Å². The molecule has 1 aromatic rings. The number of halogens is 4. The van der Waals surface area contributed by atoms with E-state index in [0.29, 0.717) is 19.7 Å². The lowest BCUT2D eigenvalue weighted by molar-refractivity contribution is 0.0942. The van der Waals surface area contributed by atoms with Crippen LogP contribution in [0.4, 0.5) is 17.6 Å². The highest BCUT2D eigenvalue weighted by Crippen LogP contribution is 2.18. The highest BCUT2D eigenvalue weighted by Gasteiger charge is 2.24. The topological polar surface area (TPSA) is 50.4 Å². The summed E-state index contributed by atoms with van der Waals surface area (Å²) in [7, 11) is 1.52. The Balaban J connectivity index is 2.60. The molecule has 2 N–H and O–H groups in total. The Morgan fingerprint density at radius 2 is 1.70 bits per heavy atom. The van der Waals surface area contributed by atoms with Crippen molar-refractivity contribution in [2.45, 2.75) is 0 Å². The van der Waals surface area contributed by atoms with Crippen LogP contribution in [0.1, 0.15) is 10.4 Å². The van der Waals surface area contributed by atoms with Gasteiger partial charge in [-0.1, -0.05) is 0 Å². The first kappa shape index (κ1) is 16.4. The Labute approximate surface area is 113 Å². The van der Waals surface area contributed by atoms with E-state index in [4.69, 9.17) is 4.74 Å². The van der Waals surface area contributed by atoms with Gasteiger partial charge in [0.15, 0.2) is 23.3 Å². The molecule has 0 aliphatic rings. The predicted octanol–water partition coefficient (Wildman–Crippen LogP) is 1.21. The fourth-order valence-electron chi connectivity index (χ4n) is 1.42.